The topological polar surface area (TPSA) is 91.0 Å². The summed E-state index contributed by atoms with van der Waals surface area (Å²) in [4.78, 5) is 42.7. The van der Waals surface area contributed by atoms with Gasteiger partial charge >= 0.3 is 6.03 Å². The summed E-state index contributed by atoms with van der Waals surface area (Å²) < 4.78 is 5.32. The highest BCUT2D eigenvalue weighted by Crippen LogP contribution is 2.41. The quantitative estimate of drug-likeness (QED) is 0.658. The first-order valence-corrected chi connectivity index (χ1v) is 12.5. The monoisotopic (exact) mass is 484 g/mol. The fourth-order valence-corrected chi connectivity index (χ4v) is 5.71. The summed E-state index contributed by atoms with van der Waals surface area (Å²) in [6.45, 7) is 4.10. The van der Waals surface area contributed by atoms with E-state index in [4.69, 9.17) is 4.74 Å². The highest BCUT2D eigenvalue weighted by molar-refractivity contribution is 7.09. The number of thiophene rings is 1. The van der Waals surface area contributed by atoms with Gasteiger partial charge in [-0.1, -0.05) is 18.2 Å². The summed E-state index contributed by atoms with van der Waals surface area (Å²) in [6.07, 6.45) is 3.14. The molecule has 2 aliphatic heterocycles. The Morgan fingerprint density at radius 1 is 1.06 bits per heavy atom. The maximum Gasteiger partial charge on any atom is 0.321 e. The van der Waals surface area contributed by atoms with Gasteiger partial charge < -0.3 is 25.2 Å². The number of amides is 4. The lowest BCUT2D eigenvalue weighted by molar-refractivity contribution is -0.135. The average Bonchev–Trinajstić information content (AvgIpc) is 3.49. The van der Waals surface area contributed by atoms with E-state index in [0.717, 1.165) is 24.1 Å². The highest BCUT2D eigenvalue weighted by atomic mass is 32.1. The van der Waals surface area contributed by atoms with Gasteiger partial charge in [0.1, 0.15) is 11.8 Å². The van der Waals surface area contributed by atoms with Crippen LogP contribution in [0, 0.1) is 5.41 Å². The molecule has 1 aromatic heterocycles. The van der Waals surface area contributed by atoms with Crippen LogP contribution in [0.3, 0.4) is 0 Å². The molecule has 0 bridgehead atoms. The number of hydrogen-bond donors (Lipinski definition) is 2. The van der Waals surface area contributed by atoms with Crippen LogP contribution in [0.15, 0.2) is 41.8 Å². The van der Waals surface area contributed by atoms with Crippen LogP contribution in [0.5, 0.6) is 5.75 Å². The summed E-state index contributed by atoms with van der Waals surface area (Å²) in [6, 6.07) is 10.6. The number of carbonyl (C=O) groups excluding carboxylic acids is 3. The smallest absolute Gasteiger partial charge is 0.321 e. The Labute approximate surface area is 204 Å². The molecule has 4 amide bonds. The van der Waals surface area contributed by atoms with E-state index in [-0.39, 0.29) is 23.3 Å². The molecule has 3 heterocycles. The Bertz CT molecular complexity index is 1020. The van der Waals surface area contributed by atoms with Crippen LogP contribution >= 0.6 is 11.3 Å². The van der Waals surface area contributed by atoms with Crippen LogP contribution in [0.1, 0.15) is 31.1 Å². The largest absolute Gasteiger partial charge is 0.495 e. The molecule has 1 aromatic carbocycles. The van der Waals surface area contributed by atoms with E-state index in [1.54, 1.807) is 18.4 Å². The zero-order valence-electron chi connectivity index (χ0n) is 19.7. The molecule has 0 radical (unpaired) electrons. The SMILES string of the molecule is COc1ccccc1NC(=O)N1CCC2(CC1)CCN(C(=O)[C@H](Cc1cccs1)NC(C)=O)C2. The Morgan fingerprint density at radius 2 is 1.76 bits per heavy atom. The Morgan fingerprint density at radius 3 is 2.41 bits per heavy atom. The second kappa shape index (κ2) is 10.5. The zero-order chi connectivity index (χ0) is 24.1. The third-order valence-corrected chi connectivity index (χ3v) is 7.77. The summed E-state index contributed by atoms with van der Waals surface area (Å²) in [7, 11) is 1.58. The molecule has 1 atom stereocenters. The third kappa shape index (κ3) is 5.52. The van der Waals surface area contributed by atoms with Crippen LogP contribution in [-0.4, -0.2) is 67.0 Å². The molecule has 4 rings (SSSR count). The molecule has 2 fully saturated rings. The molecule has 9 heteroatoms. The first kappa shape index (κ1) is 24.1. The van der Waals surface area contributed by atoms with Crippen LogP contribution in [0.25, 0.3) is 0 Å². The molecule has 0 saturated carbocycles. The van der Waals surface area contributed by atoms with Crippen LogP contribution in [0.2, 0.25) is 0 Å². The maximum absolute atomic E-state index is 13.3. The number of piperidine rings is 1. The van der Waals surface area contributed by atoms with Gasteiger partial charge in [-0.25, -0.2) is 4.79 Å². The fourth-order valence-electron chi connectivity index (χ4n) is 4.95. The molecule has 2 aliphatic rings. The van der Waals surface area contributed by atoms with E-state index in [1.165, 1.54) is 6.92 Å². The second-order valence-corrected chi connectivity index (χ2v) is 10.2. The summed E-state index contributed by atoms with van der Waals surface area (Å²) >= 11 is 1.59. The lowest BCUT2D eigenvalue weighted by atomic mass is 9.78. The number of ether oxygens (including phenoxy) is 1. The highest BCUT2D eigenvalue weighted by Gasteiger charge is 2.44. The Balaban J connectivity index is 1.33. The molecule has 0 aliphatic carbocycles. The number of methoxy groups -OCH3 is 1. The minimum atomic E-state index is -0.544. The minimum Gasteiger partial charge on any atom is -0.495 e. The first-order chi connectivity index (χ1) is 16.4. The van der Waals surface area contributed by atoms with E-state index in [1.807, 2.05) is 51.6 Å². The summed E-state index contributed by atoms with van der Waals surface area (Å²) in [5, 5.41) is 7.77. The normalized spacial score (nSPS) is 17.9. The van der Waals surface area contributed by atoms with Crippen molar-refractivity contribution in [3.63, 3.8) is 0 Å². The van der Waals surface area contributed by atoms with Crippen molar-refractivity contribution in [1.29, 1.82) is 0 Å². The average molecular weight is 485 g/mol. The molecule has 1 spiro atoms. The molecule has 2 N–H and O–H groups in total. The summed E-state index contributed by atoms with van der Waals surface area (Å²) in [5.74, 6) is 0.417. The van der Waals surface area contributed by atoms with Crippen LogP contribution in [-0.2, 0) is 16.0 Å². The van der Waals surface area contributed by atoms with E-state index in [0.29, 0.717) is 44.0 Å². The van der Waals surface area contributed by atoms with Gasteiger partial charge in [0.25, 0.3) is 0 Å². The van der Waals surface area contributed by atoms with Crippen molar-refractivity contribution in [2.24, 2.45) is 5.41 Å². The number of rotatable bonds is 6. The van der Waals surface area contributed by atoms with Crippen molar-refractivity contribution < 1.29 is 19.1 Å². The molecular formula is C25H32N4O4S. The summed E-state index contributed by atoms with van der Waals surface area (Å²) in [5.41, 5.74) is 0.684. The molecule has 8 nitrogen and oxygen atoms in total. The Kier molecular flexibility index (Phi) is 7.41. The number of carbonyl (C=O) groups is 3. The number of likely N-dealkylation sites (tertiary alicyclic amines) is 2. The van der Waals surface area contributed by atoms with E-state index in [2.05, 4.69) is 10.6 Å². The number of nitrogens with one attached hydrogen (secondary N) is 2. The Hall–Kier alpha value is -3.07. The van der Waals surface area contributed by atoms with Gasteiger partial charge in [0.15, 0.2) is 0 Å². The first-order valence-electron chi connectivity index (χ1n) is 11.7. The zero-order valence-corrected chi connectivity index (χ0v) is 20.5. The van der Waals surface area contributed by atoms with Crippen molar-refractivity contribution in [2.45, 2.75) is 38.6 Å². The van der Waals surface area contributed by atoms with Crippen molar-refractivity contribution >= 4 is 34.9 Å². The van der Waals surface area contributed by atoms with E-state index < -0.39 is 6.04 Å². The fraction of sp³-hybridized carbons (Fsp3) is 0.480. The predicted octanol–water partition coefficient (Wildman–Crippen LogP) is 3.35. The van der Waals surface area contributed by atoms with Gasteiger partial charge in [0.2, 0.25) is 11.8 Å². The lowest BCUT2D eigenvalue weighted by Crippen LogP contribution is -2.50. The van der Waals surface area contributed by atoms with Crippen LogP contribution < -0.4 is 15.4 Å². The third-order valence-electron chi connectivity index (χ3n) is 6.87. The molecule has 0 unspecified atom stereocenters. The van der Waals surface area contributed by atoms with Gasteiger partial charge in [-0.2, -0.15) is 0 Å². The van der Waals surface area contributed by atoms with Gasteiger partial charge in [-0.05, 0) is 48.3 Å². The van der Waals surface area contributed by atoms with E-state index in [9.17, 15) is 14.4 Å². The number of benzene rings is 1. The lowest BCUT2D eigenvalue weighted by Gasteiger charge is -2.39. The predicted molar refractivity (Wildman–Crippen MR) is 132 cm³/mol. The van der Waals surface area contributed by atoms with Crippen molar-refractivity contribution in [3.05, 3.63) is 46.7 Å². The minimum absolute atomic E-state index is 0.0168. The molecular weight excluding hydrogens is 452 g/mol. The van der Waals surface area contributed by atoms with Crippen molar-refractivity contribution in [2.75, 3.05) is 38.6 Å². The standard InChI is InChI=1S/C25H32N4O4S/c1-18(30)26-21(16-19-6-5-15-34-19)23(31)29-14-11-25(17-29)9-12-28(13-10-25)24(32)27-20-7-3-4-8-22(20)33-2/h3-8,15,21H,9-14,16-17H2,1-2H3,(H,26,30)(H,27,32)/t21-/m0/s1. The number of anilines is 1. The van der Waals surface area contributed by atoms with Crippen LogP contribution in [0.4, 0.5) is 10.5 Å². The number of nitrogens with zero attached hydrogens (tertiary/aromatic N) is 2. The van der Waals surface area contributed by atoms with Crippen molar-refractivity contribution in [1.82, 2.24) is 15.1 Å². The number of hydrogen-bond acceptors (Lipinski definition) is 5. The molecule has 182 valence electrons. The van der Waals surface area contributed by atoms with Gasteiger partial charge in [-0.15, -0.1) is 11.3 Å². The van der Waals surface area contributed by atoms with Gasteiger partial charge in [0.05, 0.1) is 12.8 Å². The number of para-hydroxylation sites is 2. The van der Waals surface area contributed by atoms with E-state index >= 15 is 0 Å². The number of urea groups is 1. The molecule has 34 heavy (non-hydrogen) atoms. The van der Waals surface area contributed by atoms with Gasteiger partial charge in [0, 0.05) is 44.4 Å². The van der Waals surface area contributed by atoms with Crippen molar-refractivity contribution in [3.8, 4) is 5.75 Å². The molecule has 2 saturated heterocycles. The van der Waals surface area contributed by atoms with Gasteiger partial charge in [-0.3, -0.25) is 9.59 Å². The maximum atomic E-state index is 13.3. The molecule has 2 aromatic rings. The second-order valence-electron chi connectivity index (χ2n) is 9.16.